The van der Waals surface area contributed by atoms with Crippen LogP contribution in [-0.4, -0.2) is 23.6 Å². The Hall–Kier alpha value is -1.84. The Balaban J connectivity index is 2.38. The summed E-state index contributed by atoms with van der Waals surface area (Å²) in [5, 5.41) is 1.05. The first-order valence-corrected chi connectivity index (χ1v) is 6.33. The molecule has 1 atom stereocenters. The topological polar surface area (TPSA) is 55.0 Å². The van der Waals surface area contributed by atoms with E-state index in [4.69, 9.17) is 5.73 Å². The summed E-state index contributed by atoms with van der Waals surface area (Å²) in [5.74, 6) is 1.62. The van der Waals surface area contributed by atoms with E-state index in [2.05, 4.69) is 35.8 Å². The molecule has 2 rings (SSSR count). The second-order valence-electron chi connectivity index (χ2n) is 4.87. The van der Waals surface area contributed by atoms with Gasteiger partial charge in [0.2, 0.25) is 0 Å². The van der Waals surface area contributed by atoms with Crippen molar-refractivity contribution in [1.29, 1.82) is 0 Å². The molecule has 96 valence electrons. The van der Waals surface area contributed by atoms with Crippen LogP contribution in [0.15, 0.2) is 24.5 Å². The van der Waals surface area contributed by atoms with Crippen LogP contribution in [0.1, 0.15) is 20.3 Å². The summed E-state index contributed by atoms with van der Waals surface area (Å²) in [5.41, 5.74) is 7.41. The first-order chi connectivity index (χ1) is 8.61. The lowest BCUT2D eigenvalue weighted by Crippen LogP contribution is -2.24. The lowest BCUT2D eigenvalue weighted by molar-refractivity contribution is 0.558. The van der Waals surface area contributed by atoms with Crippen LogP contribution in [-0.2, 0) is 0 Å². The van der Waals surface area contributed by atoms with Gasteiger partial charge in [0, 0.05) is 24.7 Å². The highest BCUT2D eigenvalue weighted by Gasteiger charge is 2.10. The van der Waals surface area contributed by atoms with Gasteiger partial charge >= 0.3 is 0 Å². The number of rotatable bonds is 4. The molecule has 4 heteroatoms. The molecule has 0 spiro atoms. The van der Waals surface area contributed by atoms with Crippen LogP contribution in [0.3, 0.4) is 0 Å². The van der Waals surface area contributed by atoms with Gasteiger partial charge in [0.25, 0.3) is 0 Å². The van der Waals surface area contributed by atoms with E-state index in [0.717, 1.165) is 29.0 Å². The molecule has 0 saturated heterocycles. The van der Waals surface area contributed by atoms with Gasteiger partial charge in [-0.15, -0.1) is 0 Å². The molecular formula is C14H20N4. The van der Waals surface area contributed by atoms with Crippen molar-refractivity contribution in [2.45, 2.75) is 20.3 Å². The van der Waals surface area contributed by atoms with Crippen LogP contribution in [0, 0.1) is 5.92 Å². The van der Waals surface area contributed by atoms with Crippen molar-refractivity contribution in [3.05, 3.63) is 24.5 Å². The molecule has 0 fully saturated rings. The van der Waals surface area contributed by atoms with Crippen molar-refractivity contribution in [3.8, 4) is 0 Å². The zero-order chi connectivity index (χ0) is 13.1. The number of hydrogen-bond acceptors (Lipinski definition) is 4. The molecule has 0 aliphatic carbocycles. The predicted octanol–water partition coefficient (Wildman–Crippen LogP) is 2.69. The van der Waals surface area contributed by atoms with E-state index in [1.54, 1.807) is 6.33 Å². The highest BCUT2D eigenvalue weighted by Crippen LogP contribution is 2.24. The molecule has 4 nitrogen and oxygen atoms in total. The Kier molecular flexibility index (Phi) is 3.65. The Morgan fingerprint density at radius 1 is 1.33 bits per heavy atom. The number of aromatic nitrogens is 2. The van der Waals surface area contributed by atoms with Crippen molar-refractivity contribution in [1.82, 2.24) is 9.97 Å². The van der Waals surface area contributed by atoms with Crippen molar-refractivity contribution in [2.24, 2.45) is 5.92 Å². The monoisotopic (exact) mass is 244 g/mol. The maximum absolute atomic E-state index is 5.78. The molecule has 0 aliphatic heterocycles. The van der Waals surface area contributed by atoms with Gasteiger partial charge in [0.1, 0.15) is 12.1 Å². The normalized spacial score (nSPS) is 12.6. The number of fused-ring (bicyclic) bond motifs is 1. The molecule has 0 aliphatic rings. The number of benzene rings is 1. The molecule has 18 heavy (non-hydrogen) atoms. The molecular weight excluding hydrogens is 224 g/mol. The third-order valence-electron chi connectivity index (χ3n) is 3.28. The summed E-state index contributed by atoms with van der Waals surface area (Å²) in [6, 6.07) is 5.77. The van der Waals surface area contributed by atoms with E-state index < -0.39 is 0 Å². The minimum Gasteiger partial charge on any atom is -0.399 e. The summed E-state index contributed by atoms with van der Waals surface area (Å²) in [7, 11) is 2.07. The average Bonchev–Trinajstić information content (AvgIpc) is 2.37. The molecule has 1 unspecified atom stereocenters. The number of anilines is 2. The van der Waals surface area contributed by atoms with Crippen molar-refractivity contribution < 1.29 is 0 Å². The van der Waals surface area contributed by atoms with Crippen LogP contribution in [0.2, 0.25) is 0 Å². The Labute approximate surface area is 108 Å². The third kappa shape index (κ3) is 2.53. The molecule has 1 aromatic heterocycles. The second kappa shape index (κ2) is 5.21. The summed E-state index contributed by atoms with van der Waals surface area (Å²) in [6.07, 6.45) is 2.77. The van der Waals surface area contributed by atoms with Gasteiger partial charge in [-0.25, -0.2) is 9.97 Å². The first-order valence-electron chi connectivity index (χ1n) is 6.33. The van der Waals surface area contributed by atoms with Crippen LogP contribution in [0.4, 0.5) is 11.5 Å². The highest BCUT2D eigenvalue weighted by molar-refractivity contribution is 5.91. The van der Waals surface area contributed by atoms with E-state index in [1.165, 1.54) is 6.42 Å². The van der Waals surface area contributed by atoms with Crippen molar-refractivity contribution >= 4 is 22.4 Å². The molecule has 0 bridgehead atoms. The minimum atomic E-state index is 0.647. The smallest absolute Gasteiger partial charge is 0.139 e. The average molecular weight is 244 g/mol. The van der Waals surface area contributed by atoms with Crippen molar-refractivity contribution in [2.75, 3.05) is 24.2 Å². The number of nitrogens with two attached hydrogens (primary N) is 1. The zero-order valence-corrected chi connectivity index (χ0v) is 11.2. The van der Waals surface area contributed by atoms with E-state index >= 15 is 0 Å². The predicted molar refractivity (Wildman–Crippen MR) is 76.7 cm³/mol. The highest BCUT2D eigenvalue weighted by atomic mass is 15.2. The number of hydrogen-bond donors (Lipinski definition) is 1. The molecule has 0 radical (unpaired) electrons. The fourth-order valence-electron chi connectivity index (χ4n) is 2.05. The zero-order valence-electron chi connectivity index (χ0n) is 11.2. The molecule has 1 aromatic carbocycles. The van der Waals surface area contributed by atoms with Gasteiger partial charge < -0.3 is 10.6 Å². The fraction of sp³-hybridized carbons (Fsp3) is 0.429. The SMILES string of the molecule is CCC(C)CN(C)c1ncnc2cc(N)ccc12. The molecule has 0 amide bonds. The van der Waals surface area contributed by atoms with Gasteiger partial charge in [-0.3, -0.25) is 0 Å². The summed E-state index contributed by atoms with van der Waals surface area (Å²) in [6.45, 7) is 5.45. The standard InChI is InChI=1S/C14H20N4/c1-4-10(2)8-18(3)14-12-6-5-11(15)7-13(12)16-9-17-14/h5-7,9-10H,4,8,15H2,1-3H3. The minimum absolute atomic E-state index is 0.647. The maximum atomic E-state index is 5.78. The van der Waals surface area contributed by atoms with E-state index in [9.17, 15) is 0 Å². The van der Waals surface area contributed by atoms with Crippen LogP contribution in [0.5, 0.6) is 0 Å². The lowest BCUT2D eigenvalue weighted by Gasteiger charge is -2.22. The second-order valence-corrected chi connectivity index (χ2v) is 4.87. The quantitative estimate of drug-likeness (QED) is 0.840. The Bertz CT molecular complexity index is 538. The Morgan fingerprint density at radius 2 is 2.11 bits per heavy atom. The number of nitrogens with zero attached hydrogens (tertiary/aromatic N) is 3. The Morgan fingerprint density at radius 3 is 2.83 bits per heavy atom. The first kappa shape index (κ1) is 12.6. The van der Waals surface area contributed by atoms with E-state index in [1.807, 2.05) is 18.2 Å². The molecule has 2 aromatic rings. The molecule has 0 saturated carbocycles. The van der Waals surface area contributed by atoms with Gasteiger partial charge in [-0.2, -0.15) is 0 Å². The third-order valence-corrected chi connectivity index (χ3v) is 3.28. The van der Waals surface area contributed by atoms with Crippen LogP contribution in [0.25, 0.3) is 10.9 Å². The van der Waals surface area contributed by atoms with E-state index in [0.29, 0.717) is 5.92 Å². The summed E-state index contributed by atoms with van der Waals surface area (Å²) < 4.78 is 0. The van der Waals surface area contributed by atoms with E-state index in [-0.39, 0.29) is 0 Å². The molecule has 2 N–H and O–H groups in total. The fourth-order valence-corrected chi connectivity index (χ4v) is 2.05. The summed E-state index contributed by atoms with van der Waals surface area (Å²) >= 11 is 0. The van der Waals surface area contributed by atoms with Gasteiger partial charge in [-0.1, -0.05) is 20.3 Å². The number of nitrogen functional groups attached to an aromatic ring is 1. The van der Waals surface area contributed by atoms with Crippen LogP contribution < -0.4 is 10.6 Å². The maximum Gasteiger partial charge on any atom is 0.139 e. The van der Waals surface area contributed by atoms with Gasteiger partial charge in [-0.05, 0) is 24.1 Å². The largest absolute Gasteiger partial charge is 0.399 e. The van der Waals surface area contributed by atoms with Crippen molar-refractivity contribution in [3.63, 3.8) is 0 Å². The van der Waals surface area contributed by atoms with Gasteiger partial charge in [0.15, 0.2) is 0 Å². The van der Waals surface area contributed by atoms with Gasteiger partial charge in [0.05, 0.1) is 5.52 Å². The summed E-state index contributed by atoms with van der Waals surface area (Å²) in [4.78, 5) is 10.9. The van der Waals surface area contributed by atoms with Crippen LogP contribution >= 0.6 is 0 Å². The molecule has 1 heterocycles. The lowest BCUT2D eigenvalue weighted by atomic mass is 10.1.